The molecule has 1 saturated heterocycles. The number of carbonyl (C=O) groups is 1. The van der Waals surface area contributed by atoms with Crippen LogP contribution in [0.15, 0.2) is 54.5 Å². The normalized spacial score (nSPS) is 35.4. The third-order valence-corrected chi connectivity index (χ3v) is 7.67. The summed E-state index contributed by atoms with van der Waals surface area (Å²) in [6, 6.07) is 7.92. The number of nitrogens with zero attached hydrogens (tertiary/aromatic N) is 1. The Bertz CT molecular complexity index is 1310. The van der Waals surface area contributed by atoms with Gasteiger partial charge in [-0.1, -0.05) is 24.3 Å². The average molecular weight is 513 g/mol. The first kappa shape index (κ1) is 24.2. The molecule has 0 saturated carbocycles. The minimum absolute atomic E-state index is 0.0712. The Morgan fingerprint density at radius 2 is 1.95 bits per heavy atom. The Morgan fingerprint density at radius 1 is 1.16 bits per heavy atom. The van der Waals surface area contributed by atoms with E-state index in [0.717, 1.165) is 22.2 Å². The smallest absolute Gasteiger partial charge is 0.288 e. The van der Waals surface area contributed by atoms with Crippen LogP contribution in [-0.2, 0) is 25.4 Å². The van der Waals surface area contributed by atoms with Crippen LogP contribution in [0.3, 0.4) is 0 Å². The molecule has 0 bridgehead atoms. The number of aliphatic hydroxyl groups excluding tert-OH is 5. The van der Waals surface area contributed by atoms with Gasteiger partial charge >= 0.3 is 0 Å². The summed E-state index contributed by atoms with van der Waals surface area (Å²) in [5, 5.41) is 51.9. The highest BCUT2D eigenvalue weighted by Crippen LogP contribution is 2.46. The van der Waals surface area contributed by atoms with Crippen molar-refractivity contribution in [2.75, 3.05) is 13.2 Å². The Balaban J connectivity index is 1.36. The number of allylic oxidation sites excluding steroid dienone is 1. The third kappa shape index (κ3) is 3.62. The van der Waals surface area contributed by atoms with Crippen LogP contribution in [0.2, 0.25) is 0 Å². The monoisotopic (exact) mass is 512 g/mol. The van der Waals surface area contributed by atoms with Crippen molar-refractivity contribution in [2.45, 2.75) is 43.4 Å². The second-order valence-corrected chi connectivity index (χ2v) is 9.66. The van der Waals surface area contributed by atoms with Gasteiger partial charge in [0, 0.05) is 23.4 Å². The summed E-state index contributed by atoms with van der Waals surface area (Å²) < 4.78 is 16.8. The number of para-hydroxylation sites is 1. The number of hydrogen-bond donors (Lipinski definition) is 6. The Morgan fingerprint density at radius 3 is 2.70 bits per heavy atom. The van der Waals surface area contributed by atoms with Crippen LogP contribution in [0.1, 0.15) is 11.3 Å². The largest absolute Gasteiger partial charge is 0.481 e. The number of benzene rings is 1. The molecule has 1 fully saturated rings. The second kappa shape index (κ2) is 8.98. The first-order valence-electron chi connectivity index (χ1n) is 12.2. The number of aromatic amines is 1. The number of hydrogen-bond acceptors (Lipinski definition) is 9. The molecule has 37 heavy (non-hydrogen) atoms. The van der Waals surface area contributed by atoms with Gasteiger partial charge in [0.05, 0.1) is 23.9 Å². The van der Waals surface area contributed by atoms with Crippen molar-refractivity contribution in [3.63, 3.8) is 0 Å². The molecular formula is C26H28N2O9. The van der Waals surface area contributed by atoms with E-state index in [1.807, 2.05) is 30.3 Å². The Kier molecular flexibility index (Phi) is 5.86. The zero-order chi connectivity index (χ0) is 26.0. The van der Waals surface area contributed by atoms with E-state index in [1.54, 1.807) is 4.90 Å². The molecule has 196 valence electrons. The molecule has 4 aliphatic heterocycles. The molecule has 1 aromatic heterocycles. The van der Waals surface area contributed by atoms with Crippen LogP contribution in [0.4, 0.5) is 0 Å². The number of carbonyl (C=O) groups excluding carboxylic acids is 1. The van der Waals surface area contributed by atoms with Gasteiger partial charge in [0.2, 0.25) is 6.29 Å². The molecule has 11 heteroatoms. The van der Waals surface area contributed by atoms with Gasteiger partial charge < -0.3 is 49.6 Å². The van der Waals surface area contributed by atoms with E-state index in [4.69, 9.17) is 14.2 Å². The number of aliphatic hydroxyl groups is 5. The molecule has 0 radical (unpaired) electrons. The van der Waals surface area contributed by atoms with Gasteiger partial charge in [-0.25, -0.2) is 0 Å². The van der Waals surface area contributed by atoms with Gasteiger partial charge in [-0.15, -0.1) is 6.58 Å². The zero-order valence-electron chi connectivity index (χ0n) is 19.7. The molecule has 1 amide bonds. The van der Waals surface area contributed by atoms with Crippen molar-refractivity contribution >= 4 is 22.5 Å². The van der Waals surface area contributed by atoms with Gasteiger partial charge in [-0.05, 0) is 24.1 Å². The van der Waals surface area contributed by atoms with Crippen molar-refractivity contribution in [3.8, 4) is 0 Å². The molecule has 2 aromatic rings. The third-order valence-electron chi connectivity index (χ3n) is 7.67. The standard InChI is InChI=1S/C26H28N2O9/c1-2-11-14-9-16-19-13(12-5-3-4-6-15(12)27-19)7-8-28(16)23(33)18(14)24(34)36-25(11)37-26-22(32)21(31)20(30)17(10-29)35-26/h2-6,9,11,14,17,20-22,25-27,29-32,34H,1,7-8,10H2/t11-,14+,17-,20-,21+,22-,25+,26+/m1/s1. The maximum absolute atomic E-state index is 13.5. The fraction of sp³-hybridized carbons (Fsp3) is 0.423. The van der Waals surface area contributed by atoms with Crippen molar-refractivity contribution < 1.29 is 44.5 Å². The lowest BCUT2D eigenvalue weighted by atomic mass is 9.79. The summed E-state index contributed by atoms with van der Waals surface area (Å²) in [4.78, 5) is 18.6. The summed E-state index contributed by atoms with van der Waals surface area (Å²) >= 11 is 0. The van der Waals surface area contributed by atoms with E-state index in [9.17, 15) is 30.3 Å². The Hall–Kier alpha value is -3.19. The molecule has 1 aromatic carbocycles. The molecule has 5 heterocycles. The summed E-state index contributed by atoms with van der Waals surface area (Å²) in [5.41, 5.74) is 3.66. The van der Waals surface area contributed by atoms with Crippen LogP contribution >= 0.6 is 0 Å². The van der Waals surface area contributed by atoms with E-state index in [1.165, 1.54) is 6.08 Å². The quantitative estimate of drug-likeness (QED) is 0.315. The summed E-state index contributed by atoms with van der Waals surface area (Å²) in [7, 11) is 0. The minimum Gasteiger partial charge on any atom is -0.481 e. The molecule has 0 spiro atoms. The maximum atomic E-state index is 13.5. The van der Waals surface area contributed by atoms with Crippen molar-refractivity contribution in [2.24, 2.45) is 11.8 Å². The summed E-state index contributed by atoms with van der Waals surface area (Å²) in [6.07, 6.45) is -4.72. The van der Waals surface area contributed by atoms with Crippen LogP contribution in [0, 0.1) is 11.8 Å². The number of fused-ring (bicyclic) bond motifs is 6. The fourth-order valence-electron chi connectivity index (χ4n) is 5.73. The first-order chi connectivity index (χ1) is 17.8. The molecule has 6 rings (SSSR count). The van der Waals surface area contributed by atoms with Crippen LogP contribution in [-0.4, -0.2) is 91.5 Å². The van der Waals surface area contributed by atoms with E-state index >= 15 is 0 Å². The Labute approximate surface area is 211 Å². The van der Waals surface area contributed by atoms with E-state index < -0.39 is 61.4 Å². The number of nitrogens with one attached hydrogen (secondary N) is 1. The van der Waals surface area contributed by atoms with Gasteiger partial charge in [0.1, 0.15) is 30.0 Å². The van der Waals surface area contributed by atoms with Gasteiger partial charge in [0.15, 0.2) is 6.29 Å². The number of aromatic nitrogens is 1. The number of ether oxygens (including phenoxy) is 3. The second-order valence-electron chi connectivity index (χ2n) is 9.66. The van der Waals surface area contributed by atoms with Crippen LogP contribution in [0.25, 0.3) is 16.6 Å². The maximum Gasteiger partial charge on any atom is 0.288 e. The molecule has 0 unspecified atom stereocenters. The van der Waals surface area contributed by atoms with Gasteiger partial charge in [-0.2, -0.15) is 0 Å². The molecule has 11 nitrogen and oxygen atoms in total. The van der Waals surface area contributed by atoms with Crippen molar-refractivity contribution in [3.05, 3.63) is 65.8 Å². The molecule has 6 N–H and O–H groups in total. The van der Waals surface area contributed by atoms with Crippen LogP contribution < -0.4 is 0 Å². The predicted molar refractivity (Wildman–Crippen MR) is 128 cm³/mol. The van der Waals surface area contributed by atoms with Gasteiger partial charge in [0.25, 0.3) is 11.9 Å². The minimum atomic E-state index is -1.66. The molecule has 0 aliphatic carbocycles. The summed E-state index contributed by atoms with van der Waals surface area (Å²) in [5.74, 6) is -2.35. The van der Waals surface area contributed by atoms with E-state index in [0.29, 0.717) is 18.7 Å². The summed E-state index contributed by atoms with van der Waals surface area (Å²) in [6.45, 7) is 3.68. The topological polar surface area (TPSA) is 165 Å². The number of rotatable bonds is 4. The number of amides is 1. The SMILES string of the molecule is C=C[C@H]1[C@H](O[C@@H]2O[C@H](CO)[C@@H](O)[C@H](O)[C@H]2O)OC(O)=C2C(=O)N3CCc4c([nH]c5ccccc45)C3=C[C@H]21. The fourth-order valence-corrected chi connectivity index (χ4v) is 5.73. The van der Waals surface area contributed by atoms with Gasteiger partial charge in [-0.3, -0.25) is 4.79 Å². The highest BCUT2D eigenvalue weighted by Gasteiger charge is 2.50. The lowest BCUT2D eigenvalue weighted by Gasteiger charge is -2.45. The predicted octanol–water partition coefficient (Wildman–Crippen LogP) is 0.268. The highest BCUT2D eigenvalue weighted by atomic mass is 16.8. The average Bonchev–Trinajstić information content (AvgIpc) is 3.28. The van der Waals surface area contributed by atoms with Crippen LogP contribution in [0.5, 0.6) is 0 Å². The lowest BCUT2D eigenvalue weighted by molar-refractivity contribution is -0.344. The lowest BCUT2D eigenvalue weighted by Crippen LogP contribution is -2.60. The first-order valence-corrected chi connectivity index (χ1v) is 12.2. The van der Waals surface area contributed by atoms with Crippen molar-refractivity contribution in [1.82, 2.24) is 9.88 Å². The highest BCUT2D eigenvalue weighted by molar-refractivity contribution is 6.04. The zero-order valence-corrected chi connectivity index (χ0v) is 19.7. The van der Waals surface area contributed by atoms with E-state index in [-0.39, 0.29) is 11.5 Å². The molecule has 8 atom stereocenters. The van der Waals surface area contributed by atoms with Crippen molar-refractivity contribution in [1.29, 1.82) is 0 Å². The van der Waals surface area contributed by atoms with E-state index in [2.05, 4.69) is 11.6 Å². The molecular weight excluding hydrogens is 484 g/mol. The number of H-pyrrole nitrogens is 1. The molecule has 4 aliphatic rings.